The summed E-state index contributed by atoms with van der Waals surface area (Å²) in [6.45, 7) is 10.6. The lowest BCUT2D eigenvalue weighted by Crippen LogP contribution is -2.34. The zero-order chi connectivity index (χ0) is 18.2. The first-order valence-corrected chi connectivity index (χ1v) is 8.16. The lowest BCUT2D eigenvalue weighted by Gasteiger charge is -2.19. The fraction of sp³-hybridized carbons (Fsp3) is 0.611. The van der Waals surface area contributed by atoms with Gasteiger partial charge in [0.15, 0.2) is 11.6 Å². The molecule has 1 aromatic carbocycles. The molecule has 1 aromatic rings. The second-order valence-corrected chi connectivity index (χ2v) is 6.70. The number of amides is 1. The summed E-state index contributed by atoms with van der Waals surface area (Å²) in [7, 11) is 0. The molecule has 0 atom stereocenters. The van der Waals surface area contributed by atoms with Gasteiger partial charge in [0.1, 0.15) is 12.2 Å². The molecule has 0 heterocycles. The van der Waals surface area contributed by atoms with Crippen LogP contribution in [0.15, 0.2) is 18.2 Å². The molecule has 0 aliphatic heterocycles. The van der Waals surface area contributed by atoms with Crippen LogP contribution in [0.4, 0.5) is 9.18 Å². The van der Waals surface area contributed by atoms with Crippen molar-refractivity contribution in [3.8, 4) is 5.75 Å². The van der Waals surface area contributed by atoms with Crippen LogP contribution in [0, 0.1) is 5.82 Å². The molecule has 136 valence electrons. The molecule has 24 heavy (non-hydrogen) atoms. The Morgan fingerprint density at radius 3 is 2.54 bits per heavy atom. The highest BCUT2D eigenvalue weighted by Crippen LogP contribution is 2.28. The molecule has 1 amide bonds. The Labute approximate surface area is 143 Å². The molecule has 0 aliphatic rings. The molecule has 0 aliphatic carbocycles. The average molecular weight is 341 g/mol. The van der Waals surface area contributed by atoms with Crippen molar-refractivity contribution in [3.05, 3.63) is 29.6 Å². The minimum Gasteiger partial charge on any atom is -0.488 e. The number of halogens is 1. The Morgan fingerprint density at radius 1 is 1.21 bits per heavy atom. The van der Waals surface area contributed by atoms with Crippen molar-refractivity contribution in [2.24, 2.45) is 0 Å². The Morgan fingerprint density at radius 2 is 1.92 bits per heavy atom. The van der Waals surface area contributed by atoms with Gasteiger partial charge in [0.25, 0.3) is 0 Å². The third kappa shape index (κ3) is 7.64. The maximum atomic E-state index is 13.8. The molecule has 0 spiro atoms. The van der Waals surface area contributed by atoms with E-state index in [4.69, 9.17) is 14.2 Å². The number of hydrogen-bond acceptors (Lipinski definition) is 4. The molecule has 6 heteroatoms. The van der Waals surface area contributed by atoms with E-state index in [2.05, 4.69) is 5.32 Å². The van der Waals surface area contributed by atoms with Gasteiger partial charge in [0.2, 0.25) is 0 Å². The number of carbonyl (C=O) groups excluding carboxylic acids is 1. The number of alkyl carbamates (subject to hydrolysis) is 1. The van der Waals surface area contributed by atoms with Gasteiger partial charge < -0.3 is 19.5 Å². The molecule has 1 rings (SSSR count). The molecule has 0 saturated heterocycles. The lowest BCUT2D eigenvalue weighted by molar-refractivity contribution is 0.0488. The predicted molar refractivity (Wildman–Crippen MR) is 91.0 cm³/mol. The van der Waals surface area contributed by atoms with Crippen molar-refractivity contribution in [2.45, 2.75) is 46.1 Å². The number of carbonyl (C=O) groups is 1. The van der Waals surface area contributed by atoms with Crippen molar-refractivity contribution in [1.82, 2.24) is 5.32 Å². The fourth-order valence-corrected chi connectivity index (χ4v) is 1.98. The van der Waals surface area contributed by atoms with Crippen molar-refractivity contribution in [3.63, 3.8) is 0 Å². The van der Waals surface area contributed by atoms with E-state index in [1.165, 1.54) is 6.07 Å². The largest absolute Gasteiger partial charge is 0.488 e. The third-order valence-electron chi connectivity index (χ3n) is 3.01. The Kier molecular flexibility index (Phi) is 7.98. The van der Waals surface area contributed by atoms with E-state index < -0.39 is 11.7 Å². The molecule has 5 nitrogen and oxygen atoms in total. The first-order valence-electron chi connectivity index (χ1n) is 8.16. The molecule has 0 aromatic heterocycles. The van der Waals surface area contributed by atoms with Gasteiger partial charge in [-0.25, -0.2) is 9.18 Å². The summed E-state index contributed by atoms with van der Waals surface area (Å²) in [6.07, 6.45) is -0.477. The maximum absolute atomic E-state index is 13.8. The van der Waals surface area contributed by atoms with Crippen LogP contribution < -0.4 is 10.1 Å². The number of hydrogen-bond donors (Lipinski definition) is 1. The maximum Gasteiger partial charge on any atom is 0.407 e. The molecular formula is C18H28FNO4. The van der Waals surface area contributed by atoms with E-state index in [-0.39, 0.29) is 24.1 Å². The van der Waals surface area contributed by atoms with Crippen molar-refractivity contribution >= 4 is 6.09 Å². The third-order valence-corrected chi connectivity index (χ3v) is 3.01. The SMILES string of the molecule is CC(C)c1cccc(F)c1OCCOCCNC(=O)OC(C)(C)C. The number of para-hydroxylation sites is 1. The molecular weight excluding hydrogens is 313 g/mol. The van der Waals surface area contributed by atoms with Crippen LogP contribution in [0.5, 0.6) is 5.75 Å². The summed E-state index contributed by atoms with van der Waals surface area (Å²) in [5, 5.41) is 2.59. The smallest absolute Gasteiger partial charge is 0.407 e. The van der Waals surface area contributed by atoms with Crippen molar-refractivity contribution < 1.29 is 23.4 Å². The van der Waals surface area contributed by atoms with Crippen LogP contribution >= 0.6 is 0 Å². The molecule has 0 unspecified atom stereocenters. The van der Waals surface area contributed by atoms with Crippen molar-refractivity contribution in [2.75, 3.05) is 26.4 Å². The van der Waals surface area contributed by atoms with Gasteiger partial charge in [-0.1, -0.05) is 26.0 Å². The Hall–Kier alpha value is -1.82. The van der Waals surface area contributed by atoms with Gasteiger partial charge in [-0.15, -0.1) is 0 Å². The van der Waals surface area contributed by atoms with Crippen LogP contribution in [0.1, 0.15) is 46.1 Å². The summed E-state index contributed by atoms with van der Waals surface area (Å²) in [4.78, 5) is 11.4. The molecule has 1 N–H and O–H groups in total. The van der Waals surface area contributed by atoms with Gasteiger partial charge in [-0.2, -0.15) is 0 Å². The quantitative estimate of drug-likeness (QED) is 0.729. The van der Waals surface area contributed by atoms with E-state index in [9.17, 15) is 9.18 Å². The topological polar surface area (TPSA) is 56.8 Å². The molecule has 0 bridgehead atoms. The first kappa shape index (κ1) is 20.2. The standard InChI is InChI=1S/C18H28FNO4/c1-13(2)14-7-6-8-15(19)16(14)23-12-11-22-10-9-20-17(21)24-18(3,4)5/h6-8,13H,9-12H2,1-5H3,(H,20,21). The van der Waals surface area contributed by atoms with Gasteiger partial charge in [-0.05, 0) is 38.3 Å². The van der Waals surface area contributed by atoms with Gasteiger partial charge in [-0.3, -0.25) is 0 Å². The van der Waals surface area contributed by atoms with E-state index in [1.54, 1.807) is 26.8 Å². The fourth-order valence-electron chi connectivity index (χ4n) is 1.98. The van der Waals surface area contributed by atoms with Crippen molar-refractivity contribution in [1.29, 1.82) is 0 Å². The number of ether oxygens (including phenoxy) is 3. The zero-order valence-electron chi connectivity index (χ0n) is 15.1. The Bertz CT molecular complexity index is 526. The Balaban J connectivity index is 2.23. The van der Waals surface area contributed by atoms with Crippen LogP contribution in [0.3, 0.4) is 0 Å². The summed E-state index contributed by atoms with van der Waals surface area (Å²) in [6, 6.07) is 4.91. The van der Waals surface area contributed by atoms with Crippen LogP contribution in [-0.2, 0) is 9.47 Å². The second kappa shape index (κ2) is 9.47. The highest BCUT2D eigenvalue weighted by molar-refractivity contribution is 5.67. The highest BCUT2D eigenvalue weighted by atomic mass is 19.1. The normalized spacial score (nSPS) is 11.5. The van der Waals surface area contributed by atoms with Crippen LogP contribution in [0.2, 0.25) is 0 Å². The minimum absolute atomic E-state index is 0.176. The minimum atomic E-state index is -0.521. The van der Waals surface area contributed by atoms with E-state index >= 15 is 0 Å². The second-order valence-electron chi connectivity index (χ2n) is 6.70. The van der Waals surface area contributed by atoms with Gasteiger partial charge >= 0.3 is 6.09 Å². The number of nitrogens with one attached hydrogen (secondary N) is 1. The molecule has 0 saturated carbocycles. The molecule has 0 fully saturated rings. The van der Waals surface area contributed by atoms with E-state index in [0.717, 1.165) is 5.56 Å². The number of benzene rings is 1. The lowest BCUT2D eigenvalue weighted by atomic mass is 10.0. The summed E-state index contributed by atoms with van der Waals surface area (Å²) in [5.41, 5.74) is 0.314. The predicted octanol–water partition coefficient (Wildman–Crippen LogP) is 3.87. The van der Waals surface area contributed by atoms with E-state index in [1.807, 2.05) is 19.9 Å². The van der Waals surface area contributed by atoms with E-state index in [0.29, 0.717) is 19.8 Å². The average Bonchev–Trinajstić information content (AvgIpc) is 2.45. The van der Waals surface area contributed by atoms with Gasteiger partial charge in [0.05, 0.1) is 13.2 Å². The summed E-state index contributed by atoms with van der Waals surface area (Å²) < 4.78 is 29.8. The zero-order valence-corrected chi connectivity index (χ0v) is 15.1. The highest BCUT2D eigenvalue weighted by Gasteiger charge is 2.15. The summed E-state index contributed by atoms with van der Waals surface area (Å²) >= 11 is 0. The van der Waals surface area contributed by atoms with Crippen LogP contribution in [-0.4, -0.2) is 38.1 Å². The summed E-state index contributed by atoms with van der Waals surface area (Å²) in [5.74, 6) is 0.0884. The molecule has 0 radical (unpaired) electrons. The van der Waals surface area contributed by atoms with Crippen LogP contribution in [0.25, 0.3) is 0 Å². The number of rotatable bonds is 8. The first-order chi connectivity index (χ1) is 11.2. The monoisotopic (exact) mass is 341 g/mol. The van der Waals surface area contributed by atoms with Gasteiger partial charge in [0, 0.05) is 6.54 Å².